The van der Waals surface area contributed by atoms with Crippen LogP contribution in [0.2, 0.25) is 0 Å². The van der Waals surface area contributed by atoms with Crippen molar-refractivity contribution >= 4 is 27.7 Å². The van der Waals surface area contributed by atoms with Gasteiger partial charge in [0.1, 0.15) is 0 Å². The predicted molar refractivity (Wildman–Crippen MR) is 68.1 cm³/mol. The zero-order valence-corrected chi connectivity index (χ0v) is 11.4. The van der Waals surface area contributed by atoms with Crippen molar-refractivity contribution in [3.8, 4) is 0 Å². The van der Waals surface area contributed by atoms with Crippen molar-refractivity contribution in [1.29, 1.82) is 0 Å². The van der Waals surface area contributed by atoms with Crippen LogP contribution in [0.15, 0.2) is 10.7 Å². The first kappa shape index (κ1) is 11.5. The van der Waals surface area contributed by atoms with E-state index in [-0.39, 0.29) is 0 Å². The van der Waals surface area contributed by atoms with Gasteiger partial charge in [-0.05, 0) is 46.8 Å². The molecule has 0 radical (unpaired) electrons. The SMILES string of the molecule is CNC(c1c(Br)cnn1C)C1CCSC1. The molecule has 1 aromatic heterocycles. The maximum absolute atomic E-state index is 4.28. The van der Waals surface area contributed by atoms with Gasteiger partial charge in [0.15, 0.2) is 0 Å². The molecule has 2 heterocycles. The first-order chi connectivity index (χ1) is 7.24. The molecule has 0 bridgehead atoms. The van der Waals surface area contributed by atoms with E-state index in [1.165, 1.54) is 23.6 Å². The van der Waals surface area contributed by atoms with Gasteiger partial charge in [-0.2, -0.15) is 16.9 Å². The molecular formula is C10H16BrN3S. The van der Waals surface area contributed by atoms with Crippen LogP contribution < -0.4 is 5.32 Å². The quantitative estimate of drug-likeness (QED) is 0.925. The van der Waals surface area contributed by atoms with Crippen LogP contribution in [0.1, 0.15) is 18.2 Å². The van der Waals surface area contributed by atoms with Gasteiger partial charge in [0.2, 0.25) is 0 Å². The Labute approximate surface area is 103 Å². The summed E-state index contributed by atoms with van der Waals surface area (Å²) in [6.07, 6.45) is 3.18. The average molecular weight is 290 g/mol. The Morgan fingerprint density at radius 2 is 2.53 bits per heavy atom. The van der Waals surface area contributed by atoms with Crippen LogP contribution in [0.3, 0.4) is 0 Å². The maximum Gasteiger partial charge on any atom is 0.0695 e. The van der Waals surface area contributed by atoms with E-state index in [1.54, 1.807) is 0 Å². The minimum absolute atomic E-state index is 0.418. The lowest BCUT2D eigenvalue weighted by molar-refractivity contribution is 0.396. The number of halogens is 1. The van der Waals surface area contributed by atoms with Gasteiger partial charge >= 0.3 is 0 Å². The highest BCUT2D eigenvalue weighted by molar-refractivity contribution is 9.10. The number of nitrogens with one attached hydrogen (secondary N) is 1. The highest BCUT2D eigenvalue weighted by Gasteiger charge is 2.28. The molecule has 1 aliphatic heterocycles. The molecule has 0 spiro atoms. The summed E-state index contributed by atoms with van der Waals surface area (Å²) in [6, 6.07) is 0.418. The third kappa shape index (κ3) is 2.24. The van der Waals surface area contributed by atoms with Gasteiger partial charge in [-0.25, -0.2) is 0 Å². The molecule has 1 aromatic rings. The second-order valence-corrected chi connectivity index (χ2v) is 5.90. The summed E-state index contributed by atoms with van der Waals surface area (Å²) in [6.45, 7) is 0. The minimum atomic E-state index is 0.418. The van der Waals surface area contributed by atoms with E-state index >= 15 is 0 Å². The summed E-state index contributed by atoms with van der Waals surface area (Å²) in [4.78, 5) is 0. The third-order valence-electron chi connectivity index (χ3n) is 2.98. The normalized spacial score (nSPS) is 23.3. The number of aryl methyl sites for hydroxylation is 1. The average Bonchev–Trinajstić information content (AvgIpc) is 2.83. The first-order valence-electron chi connectivity index (χ1n) is 5.16. The molecule has 0 aliphatic carbocycles. The molecule has 2 rings (SSSR count). The van der Waals surface area contributed by atoms with Crippen molar-refractivity contribution in [2.45, 2.75) is 12.5 Å². The zero-order chi connectivity index (χ0) is 10.8. The first-order valence-corrected chi connectivity index (χ1v) is 7.11. The second kappa shape index (κ2) is 4.89. The largest absolute Gasteiger partial charge is 0.311 e. The van der Waals surface area contributed by atoms with Crippen molar-refractivity contribution in [2.75, 3.05) is 18.6 Å². The Balaban J connectivity index is 2.25. The van der Waals surface area contributed by atoms with Crippen LogP contribution in [-0.2, 0) is 7.05 Å². The monoisotopic (exact) mass is 289 g/mol. The Morgan fingerprint density at radius 3 is 3.00 bits per heavy atom. The zero-order valence-electron chi connectivity index (χ0n) is 9.03. The third-order valence-corrected chi connectivity index (χ3v) is 4.78. The van der Waals surface area contributed by atoms with E-state index in [9.17, 15) is 0 Å². The summed E-state index contributed by atoms with van der Waals surface area (Å²) in [5, 5.41) is 7.70. The van der Waals surface area contributed by atoms with Crippen LogP contribution >= 0.6 is 27.7 Å². The van der Waals surface area contributed by atoms with E-state index < -0.39 is 0 Å². The summed E-state index contributed by atoms with van der Waals surface area (Å²) >= 11 is 5.63. The van der Waals surface area contributed by atoms with Crippen molar-refractivity contribution in [3.63, 3.8) is 0 Å². The van der Waals surface area contributed by atoms with Gasteiger partial charge in [0, 0.05) is 7.05 Å². The van der Waals surface area contributed by atoms with Crippen LogP contribution in [0.4, 0.5) is 0 Å². The predicted octanol–water partition coefficient (Wildman–Crippen LogP) is 2.20. The van der Waals surface area contributed by atoms with Gasteiger partial charge < -0.3 is 5.32 Å². The molecule has 2 unspecified atom stereocenters. The number of hydrogen-bond donors (Lipinski definition) is 1. The molecule has 3 nitrogen and oxygen atoms in total. The van der Waals surface area contributed by atoms with Crippen molar-refractivity contribution in [3.05, 3.63) is 16.4 Å². The standard InChI is InChI=1S/C10H16BrN3S/c1-12-9(7-3-4-15-6-7)10-8(11)5-13-14(10)2/h5,7,9,12H,3-4,6H2,1-2H3. The van der Waals surface area contributed by atoms with Crippen molar-refractivity contribution < 1.29 is 0 Å². The molecule has 5 heteroatoms. The van der Waals surface area contributed by atoms with Crippen LogP contribution in [-0.4, -0.2) is 28.3 Å². The van der Waals surface area contributed by atoms with E-state index in [0.717, 1.165) is 10.4 Å². The Morgan fingerprint density at radius 1 is 1.73 bits per heavy atom. The van der Waals surface area contributed by atoms with E-state index in [1.807, 2.05) is 36.7 Å². The van der Waals surface area contributed by atoms with Crippen LogP contribution in [0.5, 0.6) is 0 Å². The molecule has 1 fully saturated rings. The summed E-state index contributed by atoms with van der Waals surface area (Å²) in [5.41, 5.74) is 1.27. The fourth-order valence-corrected chi connectivity index (χ4v) is 4.07. The van der Waals surface area contributed by atoms with E-state index in [2.05, 4.69) is 26.3 Å². The molecular weight excluding hydrogens is 274 g/mol. The molecule has 0 saturated carbocycles. The number of hydrogen-bond acceptors (Lipinski definition) is 3. The van der Waals surface area contributed by atoms with Crippen LogP contribution in [0, 0.1) is 5.92 Å². The fourth-order valence-electron chi connectivity index (χ4n) is 2.18. The molecule has 84 valence electrons. The summed E-state index contributed by atoms with van der Waals surface area (Å²) < 4.78 is 3.08. The Kier molecular flexibility index (Phi) is 3.74. The number of rotatable bonds is 3. The fraction of sp³-hybridized carbons (Fsp3) is 0.700. The number of thioether (sulfide) groups is 1. The smallest absolute Gasteiger partial charge is 0.0695 e. The second-order valence-electron chi connectivity index (χ2n) is 3.89. The molecule has 1 saturated heterocycles. The number of aromatic nitrogens is 2. The molecule has 1 aliphatic rings. The lowest BCUT2D eigenvalue weighted by Gasteiger charge is -2.23. The Bertz CT molecular complexity index is 314. The van der Waals surface area contributed by atoms with Gasteiger partial charge in [-0.3, -0.25) is 4.68 Å². The minimum Gasteiger partial charge on any atom is -0.311 e. The van der Waals surface area contributed by atoms with Gasteiger partial charge in [-0.15, -0.1) is 0 Å². The molecule has 0 amide bonds. The van der Waals surface area contributed by atoms with Crippen molar-refractivity contribution in [1.82, 2.24) is 15.1 Å². The Hall–Kier alpha value is -0.000000000000000111. The molecule has 15 heavy (non-hydrogen) atoms. The van der Waals surface area contributed by atoms with Gasteiger partial charge in [0.25, 0.3) is 0 Å². The van der Waals surface area contributed by atoms with E-state index in [0.29, 0.717) is 6.04 Å². The van der Waals surface area contributed by atoms with Gasteiger partial charge in [0.05, 0.1) is 22.4 Å². The maximum atomic E-state index is 4.28. The highest BCUT2D eigenvalue weighted by atomic mass is 79.9. The van der Waals surface area contributed by atoms with Crippen molar-refractivity contribution in [2.24, 2.45) is 13.0 Å². The van der Waals surface area contributed by atoms with Crippen LogP contribution in [0.25, 0.3) is 0 Å². The summed E-state index contributed by atoms with van der Waals surface area (Å²) in [7, 11) is 4.04. The lowest BCUT2D eigenvalue weighted by atomic mass is 9.96. The highest BCUT2D eigenvalue weighted by Crippen LogP contribution is 2.36. The van der Waals surface area contributed by atoms with E-state index in [4.69, 9.17) is 0 Å². The summed E-state index contributed by atoms with van der Waals surface area (Å²) in [5.74, 6) is 3.27. The lowest BCUT2D eigenvalue weighted by Crippen LogP contribution is -2.27. The molecule has 1 N–H and O–H groups in total. The topological polar surface area (TPSA) is 29.9 Å². The molecule has 2 atom stereocenters. The van der Waals surface area contributed by atoms with Gasteiger partial charge in [-0.1, -0.05) is 0 Å². The number of nitrogens with zero attached hydrogens (tertiary/aromatic N) is 2. The molecule has 0 aromatic carbocycles.